The van der Waals surface area contributed by atoms with Crippen LogP contribution in [0.1, 0.15) is 51.0 Å². The van der Waals surface area contributed by atoms with E-state index in [-0.39, 0.29) is 6.10 Å². The fourth-order valence-corrected chi connectivity index (χ4v) is 1.98. The molecule has 1 nitrogen and oxygen atoms in total. The fraction of sp³-hybridized carbons (Fsp3) is 0.500. The maximum Gasteiger partial charge on any atom is 0.0580 e. The summed E-state index contributed by atoms with van der Waals surface area (Å²) in [5.74, 6) is 0. The molecule has 0 aliphatic rings. The van der Waals surface area contributed by atoms with E-state index in [0.29, 0.717) is 6.42 Å². The van der Waals surface area contributed by atoms with Crippen molar-refractivity contribution in [1.29, 1.82) is 0 Å². The lowest BCUT2D eigenvalue weighted by Gasteiger charge is -2.12. The maximum absolute atomic E-state index is 9.92. The summed E-state index contributed by atoms with van der Waals surface area (Å²) in [7, 11) is 0. The minimum Gasteiger partial charge on any atom is -0.393 e. The van der Waals surface area contributed by atoms with Gasteiger partial charge in [0.2, 0.25) is 0 Å². The average molecular weight is 232 g/mol. The molecule has 0 heterocycles. The lowest BCUT2D eigenvalue weighted by Crippen LogP contribution is -2.06. The number of unbranched alkanes of at least 4 members (excludes halogenated alkanes) is 3. The van der Waals surface area contributed by atoms with Crippen molar-refractivity contribution in [3.05, 3.63) is 42.5 Å². The van der Waals surface area contributed by atoms with Crippen molar-refractivity contribution in [3.63, 3.8) is 0 Å². The summed E-state index contributed by atoms with van der Waals surface area (Å²) in [4.78, 5) is 0. The molecule has 0 radical (unpaired) electrons. The topological polar surface area (TPSA) is 20.2 Å². The number of aliphatic hydroxyl groups is 1. The van der Waals surface area contributed by atoms with Gasteiger partial charge in [-0.05, 0) is 24.0 Å². The molecule has 94 valence electrons. The minimum absolute atomic E-state index is 0.237. The average Bonchev–Trinajstić information content (AvgIpc) is 2.36. The molecule has 1 rings (SSSR count). The Morgan fingerprint density at radius 1 is 1.18 bits per heavy atom. The van der Waals surface area contributed by atoms with Crippen LogP contribution < -0.4 is 0 Å². The van der Waals surface area contributed by atoms with Crippen LogP contribution in [-0.4, -0.2) is 11.2 Å². The molecule has 0 aromatic heterocycles. The zero-order chi connectivity index (χ0) is 12.5. The Morgan fingerprint density at radius 2 is 1.88 bits per heavy atom. The first kappa shape index (κ1) is 14.0. The van der Waals surface area contributed by atoms with E-state index in [9.17, 15) is 5.11 Å². The summed E-state index contributed by atoms with van der Waals surface area (Å²) in [6.45, 7) is 6.25. The van der Waals surface area contributed by atoms with Gasteiger partial charge in [0.25, 0.3) is 0 Å². The zero-order valence-electron chi connectivity index (χ0n) is 10.9. The van der Waals surface area contributed by atoms with Crippen molar-refractivity contribution in [3.8, 4) is 0 Å². The molecule has 17 heavy (non-hydrogen) atoms. The largest absolute Gasteiger partial charge is 0.393 e. The Labute approximate surface area is 105 Å². The van der Waals surface area contributed by atoms with Crippen LogP contribution in [0.25, 0.3) is 5.57 Å². The highest BCUT2D eigenvalue weighted by molar-refractivity contribution is 5.63. The second kappa shape index (κ2) is 8.08. The van der Waals surface area contributed by atoms with Crippen LogP contribution in [0.4, 0.5) is 0 Å². The van der Waals surface area contributed by atoms with Crippen LogP contribution in [0.3, 0.4) is 0 Å². The number of benzene rings is 1. The maximum atomic E-state index is 9.92. The second-order valence-corrected chi connectivity index (χ2v) is 4.68. The number of rotatable bonds is 8. The molecule has 1 aromatic rings. The first-order chi connectivity index (χ1) is 8.24. The molecule has 0 aliphatic heterocycles. The zero-order valence-corrected chi connectivity index (χ0v) is 10.9. The van der Waals surface area contributed by atoms with Crippen molar-refractivity contribution in [2.24, 2.45) is 0 Å². The van der Waals surface area contributed by atoms with Gasteiger partial charge in [0.05, 0.1) is 6.10 Å². The van der Waals surface area contributed by atoms with Gasteiger partial charge in [-0.25, -0.2) is 0 Å². The molecule has 1 unspecified atom stereocenters. The summed E-state index contributed by atoms with van der Waals surface area (Å²) in [5, 5.41) is 9.92. The molecule has 1 aromatic carbocycles. The third-order valence-electron chi connectivity index (χ3n) is 3.05. The van der Waals surface area contributed by atoms with Crippen molar-refractivity contribution in [2.75, 3.05) is 0 Å². The highest BCUT2D eigenvalue weighted by Crippen LogP contribution is 2.19. The fourth-order valence-electron chi connectivity index (χ4n) is 1.98. The van der Waals surface area contributed by atoms with E-state index < -0.39 is 0 Å². The lowest BCUT2D eigenvalue weighted by molar-refractivity contribution is 0.166. The van der Waals surface area contributed by atoms with Crippen molar-refractivity contribution < 1.29 is 5.11 Å². The van der Waals surface area contributed by atoms with Crippen LogP contribution in [-0.2, 0) is 0 Å². The second-order valence-electron chi connectivity index (χ2n) is 4.68. The van der Waals surface area contributed by atoms with Crippen LogP contribution >= 0.6 is 0 Å². The van der Waals surface area contributed by atoms with Gasteiger partial charge >= 0.3 is 0 Å². The number of hydrogen-bond donors (Lipinski definition) is 1. The van der Waals surface area contributed by atoms with E-state index >= 15 is 0 Å². The third-order valence-corrected chi connectivity index (χ3v) is 3.05. The van der Waals surface area contributed by atoms with Gasteiger partial charge in [0.15, 0.2) is 0 Å². The van der Waals surface area contributed by atoms with E-state index in [4.69, 9.17) is 0 Å². The predicted molar refractivity (Wildman–Crippen MR) is 74.9 cm³/mol. The summed E-state index contributed by atoms with van der Waals surface area (Å²) < 4.78 is 0. The summed E-state index contributed by atoms with van der Waals surface area (Å²) in [6.07, 6.45) is 6.21. The van der Waals surface area contributed by atoms with Crippen LogP contribution in [0, 0.1) is 0 Å². The van der Waals surface area contributed by atoms with Crippen molar-refractivity contribution in [1.82, 2.24) is 0 Å². The molecule has 0 aliphatic carbocycles. The molecule has 0 saturated carbocycles. The first-order valence-corrected chi connectivity index (χ1v) is 6.65. The SMILES string of the molecule is C=C(CC(O)CCCCCC)c1ccccc1. The molecule has 0 bridgehead atoms. The molecule has 0 amide bonds. The minimum atomic E-state index is -0.237. The van der Waals surface area contributed by atoms with Crippen LogP contribution in [0.15, 0.2) is 36.9 Å². The lowest BCUT2D eigenvalue weighted by atomic mass is 9.98. The predicted octanol–water partition coefficient (Wildman–Crippen LogP) is 4.42. The molecule has 0 spiro atoms. The van der Waals surface area contributed by atoms with E-state index in [1.165, 1.54) is 19.3 Å². The van der Waals surface area contributed by atoms with Gasteiger partial charge < -0.3 is 5.11 Å². The van der Waals surface area contributed by atoms with Gasteiger partial charge in [-0.1, -0.05) is 69.5 Å². The molecule has 1 heteroatoms. The third kappa shape index (κ3) is 5.69. The molecule has 0 saturated heterocycles. The molecular weight excluding hydrogens is 208 g/mol. The first-order valence-electron chi connectivity index (χ1n) is 6.65. The highest BCUT2D eigenvalue weighted by atomic mass is 16.3. The Kier molecular flexibility index (Phi) is 6.64. The summed E-state index contributed by atoms with van der Waals surface area (Å²) >= 11 is 0. The number of aliphatic hydroxyl groups excluding tert-OH is 1. The van der Waals surface area contributed by atoms with Gasteiger partial charge in [0, 0.05) is 0 Å². The molecule has 1 N–H and O–H groups in total. The van der Waals surface area contributed by atoms with Crippen molar-refractivity contribution >= 4 is 5.57 Å². The van der Waals surface area contributed by atoms with E-state index in [1.807, 2.05) is 30.3 Å². The smallest absolute Gasteiger partial charge is 0.0580 e. The van der Waals surface area contributed by atoms with E-state index in [2.05, 4.69) is 13.5 Å². The van der Waals surface area contributed by atoms with Gasteiger partial charge in [0.1, 0.15) is 0 Å². The Hall–Kier alpha value is -1.08. The van der Waals surface area contributed by atoms with Crippen molar-refractivity contribution in [2.45, 2.75) is 51.6 Å². The van der Waals surface area contributed by atoms with Crippen LogP contribution in [0.2, 0.25) is 0 Å². The van der Waals surface area contributed by atoms with Crippen LogP contribution in [0.5, 0.6) is 0 Å². The number of hydrogen-bond acceptors (Lipinski definition) is 1. The molecule has 0 fully saturated rings. The highest BCUT2D eigenvalue weighted by Gasteiger charge is 2.07. The van der Waals surface area contributed by atoms with Gasteiger partial charge in [-0.3, -0.25) is 0 Å². The summed E-state index contributed by atoms with van der Waals surface area (Å²) in [6, 6.07) is 10.1. The Balaban J connectivity index is 2.26. The Bertz CT molecular complexity index is 316. The standard InChI is InChI=1S/C16H24O/c1-3-4-5-9-12-16(17)13-14(2)15-10-7-6-8-11-15/h6-8,10-11,16-17H,2-5,9,12-13H2,1H3. The van der Waals surface area contributed by atoms with Gasteiger partial charge in [-0.2, -0.15) is 0 Å². The normalized spacial score (nSPS) is 12.4. The molecular formula is C16H24O. The monoisotopic (exact) mass is 232 g/mol. The quantitative estimate of drug-likeness (QED) is 0.658. The molecule has 1 atom stereocenters. The van der Waals surface area contributed by atoms with E-state index in [1.54, 1.807) is 0 Å². The summed E-state index contributed by atoms with van der Waals surface area (Å²) in [5.41, 5.74) is 2.17. The van der Waals surface area contributed by atoms with Gasteiger partial charge in [-0.15, -0.1) is 0 Å². The van der Waals surface area contributed by atoms with E-state index in [0.717, 1.165) is 24.0 Å². The Morgan fingerprint density at radius 3 is 2.53 bits per heavy atom.